The van der Waals surface area contributed by atoms with E-state index in [1.54, 1.807) is 0 Å². The summed E-state index contributed by atoms with van der Waals surface area (Å²) < 4.78 is 0. The van der Waals surface area contributed by atoms with Crippen LogP contribution in [-0.4, -0.2) is 36.1 Å². The average molecular weight is 280 g/mol. The third kappa shape index (κ3) is 2.88. The van der Waals surface area contributed by atoms with Crippen molar-refractivity contribution in [1.82, 2.24) is 15.3 Å². The van der Waals surface area contributed by atoms with Crippen molar-refractivity contribution in [2.45, 2.75) is 6.42 Å². The maximum atomic E-state index is 6.03. The summed E-state index contributed by atoms with van der Waals surface area (Å²) in [6.45, 7) is 3.92. The number of nitrogen functional groups attached to an aromatic ring is 1. The van der Waals surface area contributed by atoms with Gasteiger partial charge in [-0.1, -0.05) is 12.1 Å². The normalized spacial score (nSPS) is 15.9. The molecule has 0 unspecified atom stereocenters. The largest absolute Gasteiger partial charge is 0.381 e. The monoisotopic (exact) mass is 279 g/mol. The number of nitrogens with two attached hydrogens (primary N) is 1. The second-order valence-electron chi connectivity index (χ2n) is 4.51. The second kappa shape index (κ2) is 6.04. The summed E-state index contributed by atoms with van der Waals surface area (Å²) in [6.07, 6.45) is 1.11. The number of halogens is 1. The SMILES string of the molecule is Cl.Nc1nc2ccccc2nc1N1CCCNCC1. The van der Waals surface area contributed by atoms with Crippen LogP contribution in [0.1, 0.15) is 6.42 Å². The Morgan fingerprint density at radius 2 is 1.79 bits per heavy atom. The topological polar surface area (TPSA) is 67.1 Å². The zero-order valence-electron chi connectivity index (χ0n) is 10.7. The number of nitrogens with zero attached hydrogens (tertiary/aromatic N) is 3. The van der Waals surface area contributed by atoms with Gasteiger partial charge in [0, 0.05) is 19.6 Å². The van der Waals surface area contributed by atoms with Gasteiger partial charge in [-0.3, -0.25) is 0 Å². The summed E-state index contributed by atoms with van der Waals surface area (Å²) in [7, 11) is 0. The van der Waals surface area contributed by atoms with Gasteiger partial charge in [0.15, 0.2) is 11.6 Å². The molecule has 0 aliphatic carbocycles. The van der Waals surface area contributed by atoms with Gasteiger partial charge in [-0.2, -0.15) is 0 Å². The molecule has 1 aliphatic heterocycles. The lowest BCUT2D eigenvalue weighted by molar-refractivity contribution is 0.724. The van der Waals surface area contributed by atoms with E-state index in [1.165, 1.54) is 0 Å². The fourth-order valence-corrected chi connectivity index (χ4v) is 2.29. The fourth-order valence-electron chi connectivity index (χ4n) is 2.29. The standard InChI is InChI=1S/C13H17N5.ClH/c14-12-13(18-8-3-6-15-7-9-18)17-11-5-2-1-4-10(11)16-12;/h1-2,4-5,15H,3,6-9H2,(H2,14,16);1H. The molecule has 1 saturated heterocycles. The van der Waals surface area contributed by atoms with Crippen LogP contribution < -0.4 is 16.0 Å². The molecule has 1 aliphatic rings. The molecule has 0 bridgehead atoms. The summed E-state index contributed by atoms with van der Waals surface area (Å²) >= 11 is 0. The van der Waals surface area contributed by atoms with E-state index in [-0.39, 0.29) is 12.4 Å². The van der Waals surface area contributed by atoms with Crippen molar-refractivity contribution >= 4 is 35.1 Å². The summed E-state index contributed by atoms with van der Waals surface area (Å²) in [5, 5.41) is 3.37. The van der Waals surface area contributed by atoms with Crippen molar-refractivity contribution in [2.75, 3.05) is 36.8 Å². The van der Waals surface area contributed by atoms with Crippen LogP contribution in [0.3, 0.4) is 0 Å². The molecule has 1 fully saturated rings. The molecule has 2 heterocycles. The van der Waals surface area contributed by atoms with Crippen LogP contribution in [0, 0.1) is 0 Å². The van der Waals surface area contributed by atoms with Gasteiger partial charge in [-0.25, -0.2) is 9.97 Å². The first-order chi connectivity index (χ1) is 8.84. The van der Waals surface area contributed by atoms with Gasteiger partial charge < -0.3 is 16.0 Å². The maximum absolute atomic E-state index is 6.03. The van der Waals surface area contributed by atoms with Gasteiger partial charge in [0.25, 0.3) is 0 Å². The van der Waals surface area contributed by atoms with Crippen molar-refractivity contribution in [1.29, 1.82) is 0 Å². The van der Waals surface area contributed by atoms with E-state index in [0.717, 1.165) is 49.5 Å². The zero-order valence-corrected chi connectivity index (χ0v) is 11.5. The number of para-hydroxylation sites is 2. The van der Waals surface area contributed by atoms with Gasteiger partial charge in [-0.05, 0) is 25.1 Å². The molecule has 19 heavy (non-hydrogen) atoms. The molecule has 0 spiro atoms. The van der Waals surface area contributed by atoms with Crippen LogP contribution in [-0.2, 0) is 0 Å². The van der Waals surface area contributed by atoms with E-state index < -0.39 is 0 Å². The lowest BCUT2D eigenvalue weighted by Crippen LogP contribution is -2.29. The van der Waals surface area contributed by atoms with Gasteiger partial charge in [-0.15, -0.1) is 12.4 Å². The van der Waals surface area contributed by atoms with Crippen molar-refractivity contribution in [3.05, 3.63) is 24.3 Å². The third-order valence-corrected chi connectivity index (χ3v) is 3.22. The number of aromatic nitrogens is 2. The Labute approximate surface area is 118 Å². The first kappa shape index (κ1) is 13.8. The summed E-state index contributed by atoms with van der Waals surface area (Å²) in [5.41, 5.74) is 7.79. The van der Waals surface area contributed by atoms with Crippen LogP contribution in [0.2, 0.25) is 0 Å². The van der Waals surface area contributed by atoms with E-state index in [4.69, 9.17) is 5.73 Å². The predicted molar refractivity (Wildman–Crippen MR) is 80.9 cm³/mol. The van der Waals surface area contributed by atoms with E-state index >= 15 is 0 Å². The Morgan fingerprint density at radius 3 is 2.58 bits per heavy atom. The van der Waals surface area contributed by atoms with Gasteiger partial charge in [0.05, 0.1) is 11.0 Å². The highest BCUT2D eigenvalue weighted by atomic mass is 35.5. The van der Waals surface area contributed by atoms with E-state index in [2.05, 4.69) is 20.2 Å². The Balaban J connectivity index is 0.00000133. The minimum absolute atomic E-state index is 0. The molecule has 0 radical (unpaired) electrons. The van der Waals surface area contributed by atoms with Gasteiger partial charge >= 0.3 is 0 Å². The Morgan fingerprint density at radius 1 is 1.05 bits per heavy atom. The average Bonchev–Trinajstić information content (AvgIpc) is 2.66. The predicted octanol–water partition coefficient (Wildman–Crippen LogP) is 1.43. The fraction of sp³-hybridized carbons (Fsp3) is 0.385. The molecule has 1 aromatic heterocycles. The lowest BCUT2D eigenvalue weighted by atomic mass is 10.3. The van der Waals surface area contributed by atoms with Crippen molar-refractivity contribution < 1.29 is 0 Å². The van der Waals surface area contributed by atoms with Crippen LogP contribution in [0.25, 0.3) is 11.0 Å². The van der Waals surface area contributed by atoms with Crippen LogP contribution in [0.5, 0.6) is 0 Å². The molecule has 6 heteroatoms. The smallest absolute Gasteiger partial charge is 0.172 e. The Hall–Kier alpha value is -1.59. The summed E-state index contributed by atoms with van der Waals surface area (Å²) in [5.74, 6) is 1.34. The second-order valence-corrected chi connectivity index (χ2v) is 4.51. The summed E-state index contributed by atoms with van der Waals surface area (Å²) in [4.78, 5) is 11.3. The van der Waals surface area contributed by atoms with Crippen molar-refractivity contribution in [3.63, 3.8) is 0 Å². The minimum Gasteiger partial charge on any atom is -0.381 e. The van der Waals surface area contributed by atoms with E-state index in [1.807, 2.05) is 24.3 Å². The minimum atomic E-state index is 0. The highest BCUT2D eigenvalue weighted by Gasteiger charge is 2.15. The number of anilines is 2. The van der Waals surface area contributed by atoms with Crippen LogP contribution in [0.4, 0.5) is 11.6 Å². The third-order valence-electron chi connectivity index (χ3n) is 3.22. The molecule has 2 aromatic rings. The molecular formula is C13H18ClN5. The molecule has 102 valence electrons. The number of benzene rings is 1. The first-order valence-electron chi connectivity index (χ1n) is 6.32. The highest BCUT2D eigenvalue weighted by molar-refractivity contribution is 5.85. The molecule has 0 saturated carbocycles. The maximum Gasteiger partial charge on any atom is 0.172 e. The molecule has 3 N–H and O–H groups in total. The highest BCUT2D eigenvalue weighted by Crippen LogP contribution is 2.22. The van der Waals surface area contributed by atoms with Crippen LogP contribution in [0.15, 0.2) is 24.3 Å². The Kier molecular flexibility index (Phi) is 4.39. The summed E-state index contributed by atoms with van der Waals surface area (Å²) in [6, 6.07) is 7.83. The molecular weight excluding hydrogens is 262 g/mol. The van der Waals surface area contributed by atoms with Crippen molar-refractivity contribution in [2.24, 2.45) is 0 Å². The van der Waals surface area contributed by atoms with E-state index in [0.29, 0.717) is 5.82 Å². The molecule has 0 amide bonds. The number of nitrogens with one attached hydrogen (secondary N) is 1. The number of hydrogen-bond donors (Lipinski definition) is 2. The van der Waals surface area contributed by atoms with Gasteiger partial charge in [0.2, 0.25) is 0 Å². The van der Waals surface area contributed by atoms with Crippen LogP contribution >= 0.6 is 12.4 Å². The quantitative estimate of drug-likeness (QED) is 0.827. The molecule has 3 rings (SSSR count). The van der Waals surface area contributed by atoms with Gasteiger partial charge in [0.1, 0.15) is 0 Å². The first-order valence-corrected chi connectivity index (χ1v) is 6.32. The molecule has 1 aromatic carbocycles. The van der Waals surface area contributed by atoms with E-state index in [9.17, 15) is 0 Å². The number of fused-ring (bicyclic) bond motifs is 1. The zero-order chi connectivity index (χ0) is 12.4. The molecule has 5 nitrogen and oxygen atoms in total. The number of hydrogen-bond acceptors (Lipinski definition) is 5. The lowest BCUT2D eigenvalue weighted by Gasteiger charge is -2.22. The van der Waals surface area contributed by atoms with Crippen molar-refractivity contribution in [3.8, 4) is 0 Å². The number of rotatable bonds is 1. The Bertz CT molecular complexity index is 552. The molecule has 0 atom stereocenters.